The number of benzene rings is 1. The van der Waals surface area contributed by atoms with Crippen molar-refractivity contribution in [1.82, 2.24) is 25.0 Å². The minimum Gasteiger partial charge on any atom is -0.364 e. The Labute approximate surface area is 187 Å². The zero-order chi connectivity index (χ0) is 22.5. The van der Waals surface area contributed by atoms with E-state index in [1.165, 1.54) is 6.20 Å². The fourth-order valence-corrected chi connectivity index (χ4v) is 4.47. The number of primary amides is 1. The number of rotatable bonds is 4. The monoisotopic (exact) mass is 453 g/mol. The standard InChI is InChI=1S/C21H20ClN7O3/c22-12-3-1-11(2-4-12)14-10-29-15(16(23)30)9-24-17(18(29)26-14)25-13-5-7-21(8-6-13)19(31)27-20(32)28-21/h1-4,9-10,13H,5-8H2,(H2,23,30)(H,24,25)(H2,27,28,31,32)/t13-,21+. The Morgan fingerprint density at radius 1 is 1.22 bits per heavy atom. The molecule has 3 aromatic rings. The molecule has 0 radical (unpaired) electrons. The smallest absolute Gasteiger partial charge is 0.322 e. The molecule has 5 rings (SSSR count). The van der Waals surface area contributed by atoms with E-state index in [-0.39, 0.29) is 17.6 Å². The molecule has 1 saturated heterocycles. The number of carbonyl (C=O) groups is 3. The Balaban J connectivity index is 1.43. The molecule has 1 aromatic carbocycles. The van der Waals surface area contributed by atoms with E-state index in [1.807, 2.05) is 12.1 Å². The Hall–Kier alpha value is -3.66. The zero-order valence-corrected chi connectivity index (χ0v) is 17.6. The second kappa shape index (κ2) is 7.49. The first-order chi connectivity index (χ1) is 15.3. The maximum Gasteiger partial charge on any atom is 0.322 e. The van der Waals surface area contributed by atoms with Crippen molar-refractivity contribution >= 4 is 40.9 Å². The molecule has 0 atom stereocenters. The number of hydrogen-bond donors (Lipinski definition) is 4. The number of imidazole rings is 1. The van der Waals surface area contributed by atoms with Crippen molar-refractivity contribution in [2.45, 2.75) is 37.3 Å². The van der Waals surface area contributed by atoms with Gasteiger partial charge < -0.3 is 16.4 Å². The average Bonchev–Trinajstić information content (AvgIpc) is 3.32. The summed E-state index contributed by atoms with van der Waals surface area (Å²) in [6, 6.07) is 6.80. The van der Waals surface area contributed by atoms with Gasteiger partial charge in [-0.1, -0.05) is 23.7 Å². The molecule has 5 N–H and O–H groups in total. The first-order valence-electron chi connectivity index (χ1n) is 10.2. The van der Waals surface area contributed by atoms with Crippen LogP contribution in [0.2, 0.25) is 5.02 Å². The molecular formula is C21H20ClN7O3. The van der Waals surface area contributed by atoms with Crippen LogP contribution in [0.1, 0.15) is 36.2 Å². The van der Waals surface area contributed by atoms with Crippen LogP contribution in [0.25, 0.3) is 16.9 Å². The molecule has 1 saturated carbocycles. The van der Waals surface area contributed by atoms with Gasteiger partial charge in [-0.3, -0.25) is 19.3 Å². The summed E-state index contributed by atoms with van der Waals surface area (Å²) in [7, 11) is 0. The Morgan fingerprint density at radius 2 is 1.94 bits per heavy atom. The minimum atomic E-state index is -0.830. The molecular weight excluding hydrogens is 434 g/mol. The quantitative estimate of drug-likeness (QED) is 0.445. The van der Waals surface area contributed by atoms with E-state index in [0.717, 1.165) is 5.56 Å². The first kappa shape index (κ1) is 20.3. The summed E-state index contributed by atoms with van der Waals surface area (Å²) in [5.74, 6) is -0.374. The Morgan fingerprint density at radius 3 is 2.56 bits per heavy atom. The number of hydrogen-bond acceptors (Lipinski definition) is 6. The lowest BCUT2D eigenvalue weighted by Gasteiger charge is -2.35. The fraction of sp³-hybridized carbons (Fsp3) is 0.286. The van der Waals surface area contributed by atoms with Crippen LogP contribution in [-0.2, 0) is 4.79 Å². The predicted molar refractivity (Wildman–Crippen MR) is 117 cm³/mol. The number of fused-ring (bicyclic) bond motifs is 1. The van der Waals surface area contributed by atoms with Gasteiger partial charge in [0.15, 0.2) is 11.5 Å². The van der Waals surface area contributed by atoms with Crippen molar-refractivity contribution in [3.05, 3.63) is 47.4 Å². The summed E-state index contributed by atoms with van der Waals surface area (Å²) >= 11 is 5.99. The molecule has 1 aliphatic heterocycles. The topological polar surface area (TPSA) is 144 Å². The molecule has 0 bridgehead atoms. The van der Waals surface area contributed by atoms with Crippen molar-refractivity contribution < 1.29 is 14.4 Å². The summed E-state index contributed by atoms with van der Waals surface area (Å²) in [6.45, 7) is 0. The molecule has 10 nitrogen and oxygen atoms in total. The van der Waals surface area contributed by atoms with Crippen molar-refractivity contribution in [2.24, 2.45) is 5.73 Å². The number of nitrogens with two attached hydrogens (primary N) is 1. The van der Waals surface area contributed by atoms with E-state index in [1.54, 1.807) is 22.7 Å². The number of urea groups is 1. The predicted octanol–water partition coefficient (Wildman–Crippen LogP) is 2.08. The number of anilines is 1. The Kier molecular flexibility index (Phi) is 4.74. The van der Waals surface area contributed by atoms with Crippen molar-refractivity contribution in [3.63, 3.8) is 0 Å². The Bertz CT molecular complexity index is 1250. The summed E-state index contributed by atoms with van der Waals surface area (Å²) < 4.78 is 1.62. The van der Waals surface area contributed by atoms with Crippen LogP contribution >= 0.6 is 11.6 Å². The van der Waals surface area contributed by atoms with Crippen LogP contribution in [0.4, 0.5) is 10.6 Å². The number of halogens is 1. The third-order valence-corrected chi connectivity index (χ3v) is 6.33. The van der Waals surface area contributed by atoms with Gasteiger partial charge in [-0.15, -0.1) is 0 Å². The highest BCUT2D eigenvalue weighted by Crippen LogP contribution is 2.33. The highest BCUT2D eigenvalue weighted by molar-refractivity contribution is 6.30. The number of nitrogens with one attached hydrogen (secondary N) is 3. The van der Waals surface area contributed by atoms with Gasteiger partial charge in [-0.25, -0.2) is 14.8 Å². The fourth-order valence-electron chi connectivity index (χ4n) is 4.35. The zero-order valence-electron chi connectivity index (χ0n) is 16.9. The SMILES string of the molecule is NC(=O)c1cnc(N[C@H]2CC[C@]3(CC2)NC(=O)NC3=O)c2nc(-c3ccc(Cl)cc3)cn12. The van der Waals surface area contributed by atoms with Gasteiger partial charge in [-0.05, 0) is 37.8 Å². The maximum atomic E-state index is 12.2. The number of amides is 4. The van der Waals surface area contributed by atoms with E-state index in [9.17, 15) is 14.4 Å². The number of imide groups is 1. The molecule has 2 fully saturated rings. The van der Waals surface area contributed by atoms with E-state index < -0.39 is 17.5 Å². The van der Waals surface area contributed by atoms with Gasteiger partial charge in [-0.2, -0.15) is 0 Å². The van der Waals surface area contributed by atoms with Gasteiger partial charge in [0.05, 0.1) is 11.9 Å². The van der Waals surface area contributed by atoms with Crippen LogP contribution in [-0.4, -0.2) is 43.8 Å². The van der Waals surface area contributed by atoms with Gasteiger partial charge in [0, 0.05) is 22.8 Å². The maximum absolute atomic E-state index is 12.2. The van der Waals surface area contributed by atoms with Crippen molar-refractivity contribution in [2.75, 3.05) is 5.32 Å². The molecule has 1 spiro atoms. The summed E-state index contributed by atoms with van der Waals surface area (Å²) in [6.07, 6.45) is 5.50. The van der Waals surface area contributed by atoms with E-state index in [0.29, 0.717) is 47.9 Å². The first-order valence-corrected chi connectivity index (χ1v) is 10.6. The number of carbonyl (C=O) groups excluding carboxylic acids is 3. The normalized spacial score (nSPS) is 22.7. The lowest BCUT2D eigenvalue weighted by molar-refractivity contribution is -0.125. The molecule has 32 heavy (non-hydrogen) atoms. The van der Waals surface area contributed by atoms with Gasteiger partial charge in [0.1, 0.15) is 11.2 Å². The van der Waals surface area contributed by atoms with E-state index >= 15 is 0 Å². The van der Waals surface area contributed by atoms with Gasteiger partial charge in [0.2, 0.25) is 0 Å². The third kappa shape index (κ3) is 3.42. The van der Waals surface area contributed by atoms with Gasteiger partial charge >= 0.3 is 6.03 Å². The van der Waals surface area contributed by atoms with Crippen LogP contribution in [0.3, 0.4) is 0 Å². The molecule has 2 aliphatic rings. The van der Waals surface area contributed by atoms with E-state index in [2.05, 4.69) is 25.9 Å². The second-order valence-corrected chi connectivity index (χ2v) is 8.53. The highest BCUT2D eigenvalue weighted by atomic mass is 35.5. The second-order valence-electron chi connectivity index (χ2n) is 8.09. The van der Waals surface area contributed by atoms with Crippen LogP contribution < -0.4 is 21.7 Å². The van der Waals surface area contributed by atoms with E-state index in [4.69, 9.17) is 17.3 Å². The minimum absolute atomic E-state index is 0.0253. The molecule has 3 heterocycles. The molecule has 164 valence electrons. The average molecular weight is 454 g/mol. The molecule has 11 heteroatoms. The summed E-state index contributed by atoms with van der Waals surface area (Å²) in [4.78, 5) is 44.7. The molecule has 0 unspecified atom stereocenters. The molecule has 2 aromatic heterocycles. The van der Waals surface area contributed by atoms with Crippen LogP contribution in [0.5, 0.6) is 0 Å². The van der Waals surface area contributed by atoms with Crippen molar-refractivity contribution in [3.8, 4) is 11.3 Å². The number of aromatic nitrogens is 3. The van der Waals surface area contributed by atoms with Gasteiger partial charge in [0.25, 0.3) is 11.8 Å². The molecule has 4 amide bonds. The summed E-state index contributed by atoms with van der Waals surface area (Å²) in [5.41, 5.74) is 6.87. The van der Waals surface area contributed by atoms with Crippen LogP contribution in [0.15, 0.2) is 36.7 Å². The number of nitrogens with zero attached hydrogens (tertiary/aromatic N) is 3. The molecule has 1 aliphatic carbocycles. The van der Waals surface area contributed by atoms with Crippen LogP contribution in [0, 0.1) is 0 Å². The lowest BCUT2D eigenvalue weighted by Crippen LogP contribution is -2.51. The lowest BCUT2D eigenvalue weighted by atomic mass is 9.79. The summed E-state index contributed by atoms with van der Waals surface area (Å²) in [5, 5.41) is 9.07. The highest BCUT2D eigenvalue weighted by Gasteiger charge is 2.48. The largest absolute Gasteiger partial charge is 0.364 e. The third-order valence-electron chi connectivity index (χ3n) is 6.08. The van der Waals surface area contributed by atoms with Crippen molar-refractivity contribution in [1.29, 1.82) is 0 Å².